The highest BCUT2D eigenvalue weighted by molar-refractivity contribution is 5.76. The number of carbonyl (C=O) groups is 3. The van der Waals surface area contributed by atoms with Crippen LogP contribution in [0, 0.1) is 11.8 Å². The molecule has 0 amide bonds. The van der Waals surface area contributed by atoms with E-state index in [2.05, 4.69) is 0 Å². The highest BCUT2D eigenvalue weighted by Gasteiger charge is 2.44. The van der Waals surface area contributed by atoms with Gasteiger partial charge in [-0.05, 0) is 19.3 Å². The van der Waals surface area contributed by atoms with Gasteiger partial charge >= 0.3 is 17.9 Å². The summed E-state index contributed by atoms with van der Waals surface area (Å²) in [4.78, 5) is 34.6. The molecule has 1 heterocycles. The molecule has 118 valence electrons. The largest absolute Gasteiger partial charge is 0.465 e. The van der Waals surface area contributed by atoms with Crippen molar-refractivity contribution in [3.63, 3.8) is 0 Å². The van der Waals surface area contributed by atoms with Gasteiger partial charge in [0.15, 0.2) is 0 Å². The van der Waals surface area contributed by atoms with Gasteiger partial charge < -0.3 is 14.2 Å². The Hall–Kier alpha value is -1.59. The molecule has 2 fully saturated rings. The standard InChI is InChI=1S/C15H22O6/c1-3-9(2)14(17)19-7-6-13(16)20-11-5-4-10-8-12(11)21-15(10)18/h9-12H,3-8H2,1-2H3. The molecular formula is C15H22O6. The minimum Gasteiger partial charge on any atom is -0.465 e. The summed E-state index contributed by atoms with van der Waals surface area (Å²) in [6, 6.07) is 0. The van der Waals surface area contributed by atoms with E-state index in [1.165, 1.54) is 0 Å². The van der Waals surface area contributed by atoms with Gasteiger partial charge in [-0.1, -0.05) is 13.8 Å². The molecular weight excluding hydrogens is 276 g/mol. The van der Waals surface area contributed by atoms with Gasteiger partial charge in [-0.15, -0.1) is 0 Å². The lowest BCUT2D eigenvalue weighted by Gasteiger charge is -2.25. The summed E-state index contributed by atoms with van der Waals surface area (Å²) in [7, 11) is 0. The normalized spacial score (nSPS) is 28.7. The quantitative estimate of drug-likeness (QED) is 0.547. The van der Waals surface area contributed by atoms with Crippen LogP contribution in [0.5, 0.6) is 0 Å². The van der Waals surface area contributed by atoms with Gasteiger partial charge in [0.2, 0.25) is 0 Å². The van der Waals surface area contributed by atoms with Crippen molar-refractivity contribution in [1.82, 2.24) is 0 Å². The van der Waals surface area contributed by atoms with Crippen LogP contribution in [0.4, 0.5) is 0 Å². The molecule has 1 saturated carbocycles. The smallest absolute Gasteiger partial charge is 0.309 e. The van der Waals surface area contributed by atoms with Gasteiger partial charge in [-0.3, -0.25) is 14.4 Å². The third kappa shape index (κ3) is 3.95. The van der Waals surface area contributed by atoms with E-state index in [1.807, 2.05) is 6.92 Å². The fraction of sp³-hybridized carbons (Fsp3) is 0.800. The first-order valence-corrected chi connectivity index (χ1v) is 7.57. The van der Waals surface area contributed by atoms with Crippen LogP contribution in [-0.2, 0) is 28.6 Å². The van der Waals surface area contributed by atoms with Crippen molar-refractivity contribution >= 4 is 17.9 Å². The van der Waals surface area contributed by atoms with Crippen LogP contribution in [0.1, 0.15) is 46.0 Å². The van der Waals surface area contributed by atoms with E-state index >= 15 is 0 Å². The van der Waals surface area contributed by atoms with E-state index in [1.54, 1.807) is 6.92 Å². The second kappa shape index (κ2) is 6.91. The van der Waals surface area contributed by atoms with E-state index in [4.69, 9.17) is 14.2 Å². The predicted molar refractivity (Wildman–Crippen MR) is 72.1 cm³/mol. The molecule has 1 aliphatic carbocycles. The SMILES string of the molecule is CCC(C)C(=O)OCCC(=O)OC1CCC2CC1OC2=O. The summed E-state index contributed by atoms with van der Waals surface area (Å²) < 4.78 is 15.5. The Kier molecular flexibility index (Phi) is 5.20. The molecule has 2 aliphatic rings. The Morgan fingerprint density at radius 2 is 2.14 bits per heavy atom. The van der Waals surface area contributed by atoms with E-state index < -0.39 is 5.97 Å². The minimum atomic E-state index is -0.418. The summed E-state index contributed by atoms with van der Waals surface area (Å²) in [5, 5.41) is 0. The first-order valence-electron chi connectivity index (χ1n) is 7.57. The molecule has 0 N–H and O–H groups in total. The molecule has 0 aromatic carbocycles. The van der Waals surface area contributed by atoms with Crippen LogP contribution >= 0.6 is 0 Å². The molecule has 0 radical (unpaired) electrons. The van der Waals surface area contributed by atoms with Crippen LogP contribution in [0.3, 0.4) is 0 Å². The molecule has 6 nitrogen and oxygen atoms in total. The Labute approximate surface area is 124 Å². The summed E-state index contributed by atoms with van der Waals surface area (Å²) >= 11 is 0. The molecule has 4 unspecified atom stereocenters. The molecule has 6 heteroatoms. The Balaban J connectivity index is 1.68. The highest BCUT2D eigenvalue weighted by atomic mass is 16.6. The average molecular weight is 298 g/mol. The Morgan fingerprint density at radius 1 is 1.38 bits per heavy atom. The molecule has 2 bridgehead atoms. The average Bonchev–Trinajstić information content (AvgIpc) is 2.77. The van der Waals surface area contributed by atoms with Crippen molar-refractivity contribution < 1.29 is 28.6 Å². The molecule has 1 aliphatic heterocycles. The second-order valence-electron chi connectivity index (χ2n) is 5.74. The number of hydrogen-bond acceptors (Lipinski definition) is 6. The van der Waals surface area contributed by atoms with Gasteiger partial charge in [-0.2, -0.15) is 0 Å². The van der Waals surface area contributed by atoms with E-state index in [-0.39, 0.29) is 49.0 Å². The lowest BCUT2D eigenvalue weighted by molar-refractivity contribution is -0.163. The van der Waals surface area contributed by atoms with Gasteiger partial charge in [0.25, 0.3) is 0 Å². The number of ether oxygens (including phenoxy) is 3. The maximum atomic E-state index is 11.7. The minimum absolute atomic E-state index is 0.0264. The first kappa shape index (κ1) is 15.8. The van der Waals surface area contributed by atoms with Gasteiger partial charge in [-0.25, -0.2) is 0 Å². The zero-order chi connectivity index (χ0) is 15.4. The maximum absolute atomic E-state index is 11.7. The van der Waals surface area contributed by atoms with Crippen LogP contribution < -0.4 is 0 Å². The summed E-state index contributed by atoms with van der Waals surface area (Å²) in [6.07, 6.45) is 2.08. The lowest BCUT2D eigenvalue weighted by Crippen LogP contribution is -2.33. The van der Waals surface area contributed by atoms with E-state index in [9.17, 15) is 14.4 Å². The zero-order valence-electron chi connectivity index (χ0n) is 12.5. The topological polar surface area (TPSA) is 78.9 Å². The number of carbonyl (C=O) groups excluding carboxylic acids is 3. The first-order chi connectivity index (χ1) is 10.0. The van der Waals surface area contributed by atoms with Crippen LogP contribution in [0.25, 0.3) is 0 Å². The third-order valence-corrected chi connectivity index (χ3v) is 4.18. The van der Waals surface area contributed by atoms with Crippen LogP contribution in [0.2, 0.25) is 0 Å². The molecule has 0 aromatic rings. The molecule has 21 heavy (non-hydrogen) atoms. The predicted octanol–water partition coefficient (Wildman–Crippen LogP) is 1.60. The van der Waals surface area contributed by atoms with Crippen molar-refractivity contribution in [3.8, 4) is 0 Å². The third-order valence-electron chi connectivity index (χ3n) is 4.18. The Bertz CT molecular complexity index is 418. The molecule has 1 saturated heterocycles. The van der Waals surface area contributed by atoms with Gasteiger partial charge in [0.05, 0.1) is 18.3 Å². The zero-order valence-corrected chi connectivity index (χ0v) is 12.5. The number of hydrogen-bond donors (Lipinski definition) is 0. The number of fused-ring (bicyclic) bond motifs is 2. The summed E-state index contributed by atoms with van der Waals surface area (Å²) in [5.74, 6) is -1.08. The van der Waals surface area contributed by atoms with E-state index in [0.29, 0.717) is 25.7 Å². The van der Waals surface area contributed by atoms with Crippen molar-refractivity contribution in [1.29, 1.82) is 0 Å². The summed E-state index contributed by atoms with van der Waals surface area (Å²) in [5.41, 5.74) is 0. The molecule has 2 rings (SSSR count). The molecule has 0 spiro atoms. The summed E-state index contributed by atoms with van der Waals surface area (Å²) in [6.45, 7) is 3.72. The fourth-order valence-corrected chi connectivity index (χ4v) is 2.59. The van der Waals surface area contributed by atoms with Crippen LogP contribution in [0.15, 0.2) is 0 Å². The fourth-order valence-electron chi connectivity index (χ4n) is 2.59. The van der Waals surface area contributed by atoms with Gasteiger partial charge in [0.1, 0.15) is 18.8 Å². The monoisotopic (exact) mass is 298 g/mol. The van der Waals surface area contributed by atoms with Crippen molar-refractivity contribution in [2.45, 2.75) is 58.2 Å². The van der Waals surface area contributed by atoms with Gasteiger partial charge in [0, 0.05) is 6.42 Å². The van der Waals surface area contributed by atoms with Crippen molar-refractivity contribution in [2.75, 3.05) is 6.61 Å². The highest BCUT2D eigenvalue weighted by Crippen LogP contribution is 2.35. The van der Waals surface area contributed by atoms with Crippen molar-refractivity contribution in [3.05, 3.63) is 0 Å². The van der Waals surface area contributed by atoms with E-state index in [0.717, 1.165) is 0 Å². The second-order valence-corrected chi connectivity index (χ2v) is 5.74. The van der Waals surface area contributed by atoms with Crippen molar-refractivity contribution in [2.24, 2.45) is 11.8 Å². The maximum Gasteiger partial charge on any atom is 0.309 e. The number of rotatable bonds is 6. The van der Waals surface area contributed by atoms with Crippen LogP contribution in [-0.4, -0.2) is 36.7 Å². The lowest BCUT2D eigenvalue weighted by atomic mass is 9.88. The Morgan fingerprint density at radius 3 is 2.86 bits per heavy atom. The molecule has 0 aromatic heterocycles. The number of esters is 3. The molecule has 4 atom stereocenters.